The molecule has 0 aliphatic carbocycles. The van der Waals surface area contributed by atoms with Crippen molar-refractivity contribution in [3.63, 3.8) is 0 Å². The van der Waals surface area contributed by atoms with E-state index in [1.165, 1.54) is 6.21 Å². The van der Waals surface area contributed by atoms with E-state index in [1.807, 2.05) is 26.0 Å². The van der Waals surface area contributed by atoms with Gasteiger partial charge in [0.1, 0.15) is 0 Å². The Balaban J connectivity index is 2.02. The molecule has 2 aromatic rings. The molecule has 2 aromatic carbocycles. The van der Waals surface area contributed by atoms with E-state index in [0.29, 0.717) is 22.3 Å². The number of amides is 2. The van der Waals surface area contributed by atoms with Crippen LogP contribution in [-0.4, -0.2) is 29.7 Å². The number of aromatic hydroxyl groups is 1. The van der Waals surface area contributed by atoms with Crippen molar-refractivity contribution in [3.8, 4) is 11.5 Å². The fourth-order valence-electron chi connectivity index (χ4n) is 2.20. The molecule has 0 bridgehead atoms. The molecule has 27 heavy (non-hydrogen) atoms. The van der Waals surface area contributed by atoms with Crippen LogP contribution in [0.25, 0.3) is 0 Å². The molecule has 0 aliphatic rings. The number of hydrazone groups is 1. The first-order chi connectivity index (χ1) is 12.8. The summed E-state index contributed by atoms with van der Waals surface area (Å²) in [6, 6.07) is 8.73. The third kappa shape index (κ3) is 5.55. The molecule has 3 N–H and O–H groups in total. The van der Waals surface area contributed by atoms with Gasteiger partial charge in [0.05, 0.1) is 17.3 Å². The smallest absolute Gasteiger partial charge is 0.329 e. The second-order valence-electron chi connectivity index (χ2n) is 5.75. The minimum absolute atomic E-state index is 0.0223. The third-order valence-corrected chi connectivity index (χ3v) is 4.18. The van der Waals surface area contributed by atoms with E-state index >= 15 is 0 Å². The summed E-state index contributed by atoms with van der Waals surface area (Å²) in [5.41, 5.74) is 5.13. The monoisotopic (exact) mass is 433 g/mol. The van der Waals surface area contributed by atoms with Gasteiger partial charge in [0.25, 0.3) is 0 Å². The summed E-state index contributed by atoms with van der Waals surface area (Å²) in [4.78, 5) is 23.9. The van der Waals surface area contributed by atoms with E-state index in [4.69, 9.17) is 4.74 Å². The Morgan fingerprint density at radius 1 is 1.22 bits per heavy atom. The van der Waals surface area contributed by atoms with E-state index < -0.39 is 11.8 Å². The van der Waals surface area contributed by atoms with Gasteiger partial charge in [-0.1, -0.05) is 12.1 Å². The van der Waals surface area contributed by atoms with Crippen molar-refractivity contribution in [1.82, 2.24) is 5.43 Å². The molecule has 0 radical (unpaired) electrons. The Labute approximate surface area is 165 Å². The van der Waals surface area contributed by atoms with Crippen molar-refractivity contribution in [3.05, 3.63) is 51.5 Å². The standard InChI is InChI=1S/C19H20BrN3O4/c1-4-27-16-9-13(8-14(20)17(16)24)10-21-23-19(26)18(25)22-15-7-11(2)5-6-12(15)3/h5-10,24H,4H2,1-3H3,(H,22,25)(H,23,26). The lowest BCUT2D eigenvalue weighted by molar-refractivity contribution is -0.136. The highest BCUT2D eigenvalue weighted by atomic mass is 79.9. The fraction of sp³-hybridized carbons (Fsp3) is 0.211. The van der Waals surface area contributed by atoms with Gasteiger partial charge in [0.2, 0.25) is 0 Å². The van der Waals surface area contributed by atoms with Gasteiger partial charge in [-0.25, -0.2) is 5.43 Å². The molecule has 0 unspecified atom stereocenters. The molecule has 0 saturated carbocycles. The lowest BCUT2D eigenvalue weighted by Gasteiger charge is -2.09. The molecule has 0 atom stereocenters. The first kappa shape index (κ1) is 20.4. The lowest BCUT2D eigenvalue weighted by atomic mass is 10.1. The van der Waals surface area contributed by atoms with Crippen LogP contribution in [0.5, 0.6) is 11.5 Å². The number of aryl methyl sites for hydroxylation is 2. The molecule has 0 heterocycles. The van der Waals surface area contributed by atoms with Gasteiger partial charge in [0, 0.05) is 5.69 Å². The summed E-state index contributed by atoms with van der Waals surface area (Å²) < 4.78 is 5.74. The Morgan fingerprint density at radius 3 is 2.67 bits per heavy atom. The fourth-order valence-corrected chi connectivity index (χ4v) is 2.66. The van der Waals surface area contributed by atoms with Crippen LogP contribution >= 0.6 is 15.9 Å². The normalized spacial score (nSPS) is 10.7. The molecule has 2 amide bonds. The first-order valence-corrected chi connectivity index (χ1v) is 8.98. The van der Waals surface area contributed by atoms with Crippen LogP contribution in [0.2, 0.25) is 0 Å². The van der Waals surface area contributed by atoms with Gasteiger partial charge in [-0.15, -0.1) is 0 Å². The third-order valence-electron chi connectivity index (χ3n) is 3.58. The molecule has 0 spiro atoms. The highest BCUT2D eigenvalue weighted by Crippen LogP contribution is 2.35. The predicted octanol–water partition coefficient (Wildman–Crippen LogP) is 3.26. The van der Waals surface area contributed by atoms with Gasteiger partial charge in [-0.2, -0.15) is 5.10 Å². The minimum atomic E-state index is -0.893. The second kappa shape index (κ2) is 9.18. The van der Waals surface area contributed by atoms with Crippen molar-refractivity contribution in [2.24, 2.45) is 5.10 Å². The number of nitrogens with zero attached hydrogens (tertiary/aromatic N) is 1. The molecule has 8 heteroatoms. The van der Waals surface area contributed by atoms with E-state index in [9.17, 15) is 14.7 Å². The SMILES string of the molecule is CCOc1cc(C=NNC(=O)C(=O)Nc2cc(C)ccc2C)cc(Br)c1O. The highest BCUT2D eigenvalue weighted by molar-refractivity contribution is 9.10. The number of carbonyl (C=O) groups is 2. The van der Waals surface area contributed by atoms with E-state index in [-0.39, 0.29) is 11.5 Å². The summed E-state index contributed by atoms with van der Waals surface area (Å²) in [6.45, 7) is 5.91. The number of benzene rings is 2. The van der Waals surface area contributed by atoms with Crippen LogP contribution in [0.4, 0.5) is 5.69 Å². The van der Waals surface area contributed by atoms with Gasteiger partial charge < -0.3 is 15.2 Å². The van der Waals surface area contributed by atoms with Crippen LogP contribution in [0, 0.1) is 13.8 Å². The molecule has 7 nitrogen and oxygen atoms in total. The van der Waals surface area contributed by atoms with Crippen LogP contribution in [0.15, 0.2) is 39.9 Å². The van der Waals surface area contributed by atoms with Gasteiger partial charge >= 0.3 is 11.8 Å². The number of carbonyl (C=O) groups excluding carboxylic acids is 2. The molecular formula is C19H20BrN3O4. The number of phenolic OH excluding ortho intramolecular Hbond substituents is 1. The highest BCUT2D eigenvalue weighted by Gasteiger charge is 2.14. The van der Waals surface area contributed by atoms with Crippen molar-refractivity contribution < 1.29 is 19.4 Å². The predicted molar refractivity (Wildman–Crippen MR) is 107 cm³/mol. The summed E-state index contributed by atoms with van der Waals surface area (Å²) >= 11 is 3.22. The molecule has 0 fully saturated rings. The molecule has 2 rings (SSSR count). The first-order valence-electron chi connectivity index (χ1n) is 8.18. The average molecular weight is 434 g/mol. The van der Waals surface area contributed by atoms with Gasteiger partial charge in [-0.3, -0.25) is 9.59 Å². The van der Waals surface area contributed by atoms with E-state index in [0.717, 1.165) is 11.1 Å². The molecule has 0 aliphatic heterocycles. The maximum absolute atomic E-state index is 12.0. The van der Waals surface area contributed by atoms with Crippen molar-refractivity contribution >= 4 is 39.6 Å². The average Bonchev–Trinajstić information content (AvgIpc) is 2.62. The minimum Gasteiger partial charge on any atom is -0.503 e. The maximum Gasteiger partial charge on any atom is 0.329 e. The maximum atomic E-state index is 12.0. The Morgan fingerprint density at radius 2 is 1.96 bits per heavy atom. The van der Waals surface area contributed by atoms with Crippen LogP contribution in [-0.2, 0) is 9.59 Å². The number of hydrogen-bond acceptors (Lipinski definition) is 5. The largest absolute Gasteiger partial charge is 0.503 e. The zero-order valence-corrected chi connectivity index (χ0v) is 16.8. The van der Waals surface area contributed by atoms with Crippen LogP contribution < -0.4 is 15.5 Å². The zero-order valence-electron chi connectivity index (χ0n) is 15.2. The number of nitrogens with one attached hydrogen (secondary N) is 2. The molecular weight excluding hydrogens is 414 g/mol. The lowest BCUT2D eigenvalue weighted by Crippen LogP contribution is -2.32. The van der Waals surface area contributed by atoms with Crippen LogP contribution in [0.3, 0.4) is 0 Å². The van der Waals surface area contributed by atoms with E-state index in [1.54, 1.807) is 25.1 Å². The van der Waals surface area contributed by atoms with Crippen molar-refractivity contribution in [1.29, 1.82) is 0 Å². The van der Waals surface area contributed by atoms with Gasteiger partial charge in [0.15, 0.2) is 11.5 Å². The number of anilines is 1. The number of hydrogen-bond donors (Lipinski definition) is 3. The number of ether oxygens (including phenoxy) is 1. The summed E-state index contributed by atoms with van der Waals surface area (Å²) in [6.07, 6.45) is 1.34. The van der Waals surface area contributed by atoms with Crippen molar-refractivity contribution in [2.75, 3.05) is 11.9 Å². The zero-order chi connectivity index (χ0) is 20.0. The second-order valence-corrected chi connectivity index (χ2v) is 6.61. The topological polar surface area (TPSA) is 100 Å². The molecule has 0 saturated heterocycles. The van der Waals surface area contributed by atoms with E-state index in [2.05, 4.69) is 31.8 Å². The number of phenols is 1. The quantitative estimate of drug-likeness (QED) is 0.382. The summed E-state index contributed by atoms with van der Waals surface area (Å²) in [7, 11) is 0. The number of rotatable bonds is 5. The summed E-state index contributed by atoms with van der Waals surface area (Å²) in [5, 5.41) is 16.2. The van der Waals surface area contributed by atoms with Crippen LogP contribution in [0.1, 0.15) is 23.6 Å². The Bertz CT molecular complexity index is 897. The molecule has 142 valence electrons. The Kier molecular flexibility index (Phi) is 6.95. The van der Waals surface area contributed by atoms with Gasteiger partial charge in [-0.05, 0) is 71.6 Å². The number of halogens is 1. The Hall–Kier alpha value is -2.87. The molecule has 0 aromatic heterocycles. The summed E-state index contributed by atoms with van der Waals surface area (Å²) in [5.74, 6) is -1.45. The van der Waals surface area contributed by atoms with Crippen molar-refractivity contribution in [2.45, 2.75) is 20.8 Å².